The van der Waals surface area contributed by atoms with Crippen LogP contribution in [0, 0.1) is 0 Å². The molecule has 1 heterocycles. The van der Waals surface area contributed by atoms with E-state index in [2.05, 4.69) is 17.4 Å². The van der Waals surface area contributed by atoms with Crippen LogP contribution in [0.3, 0.4) is 0 Å². The van der Waals surface area contributed by atoms with Crippen molar-refractivity contribution in [2.24, 2.45) is 0 Å². The molecule has 25 heavy (non-hydrogen) atoms. The lowest BCUT2D eigenvalue weighted by molar-refractivity contribution is -0.136. The summed E-state index contributed by atoms with van der Waals surface area (Å²) in [7, 11) is 1.81. The zero-order valence-corrected chi connectivity index (χ0v) is 14.9. The largest absolute Gasteiger partial charge is 0.378 e. The predicted molar refractivity (Wildman–Crippen MR) is 95.3 cm³/mol. The average molecular weight is 345 g/mol. The van der Waals surface area contributed by atoms with Crippen molar-refractivity contribution in [2.45, 2.75) is 18.3 Å². The molecule has 1 N–H and O–H groups in total. The summed E-state index contributed by atoms with van der Waals surface area (Å²) in [6, 6.07) is 10.4. The smallest absolute Gasteiger partial charge is 0.236 e. The van der Waals surface area contributed by atoms with Crippen LogP contribution in [0.2, 0.25) is 0 Å². The van der Waals surface area contributed by atoms with Crippen molar-refractivity contribution < 1.29 is 14.3 Å². The van der Waals surface area contributed by atoms with Crippen LogP contribution in [-0.4, -0.2) is 74.6 Å². The molecular weight excluding hydrogens is 318 g/mol. The monoisotopic (exact) mass is 345 g/mol. The first kappa shape index (κ1) is 17.9. The zero-order chi connectivity index (χ0) is 17.7. The van der Waals surface area contributed by atoms with Crippen LogP contribution >= 0.6 is 0 Å². The Hall–Kier alpha value is -1.92. The molecular formula is C19H27N3O3. The van der Waals surface area contributed by atoms with Crippen molar-refractivity contribution in [2.75, 3.05) is 53.0 Å². The van der Waals surface area contributed by atoms with Crippen LogP contribution in [0.1, 0.15) is 18.4 Å². The summed E-state index contributed by atoms with van der Waals surface area (Å²) >= 11 is 0. The molecule has 2 fully saturated rings. The fraction of sp³-hybridized carbons (Fsp3) is 0.579. The molecule has 0 radical (unpaired) electrons. The number of hydrogen-bond acceptors (Lipinski definition) is 4. The van der Waals surface area contributed by atoms with Gasteiger partial charge in [0.15, 0.2) is 0 Å². The van der Waals surface area contributed by atoms with E-state index < -0.39 is 0 Å². The van der Waals surface area contributed by atoms with Crippen LogP contribution in [0.4, 0.5) is 0 Å². The fourth-order valence-electron chi connectivity index (χ4n) is 3.28. The standard InChI is InChI=1S/C19H27N3O3/c1-21(14-18(24)22-9-11-25-12-10-22)13-17(23)20-15-19(7-8-19)16-5-3-2-4-6-16/h2-6H,7-15H2,1H3,(H,20,23). The molecule has 2 aliphatic rings. The van der Waals surface area contributed by atoms with E-state index in [1.54, 1.807) is 9.80 Å². The lowest BCUT2D eigenvalue weighted by Crippen LogP contribution is -2.47. The third-order valence-electron chi connectivity index (χ3n) is 5.05. The Morgan fingerprint density at radius 3 is 2.48 bits per heavy atom. The van der Waals surface area contributed by atoms with Crippen molar-refractivity contribution >= 4 is 11.8 Å². The maximum atomic E-state index is 12.2. The summed E-state index contributed by atoms with van der Waals surface area (Å²) in [5.41, 5.74) is 1.41. The molecule has 1 aromatic rings. The summed E-state index contributed by atoms with van der Waals surface area (Å²) in [6.45, 7) is 3.63. The van der Waals surface area contributed by atoms with E-state index in [0.717, 1.165) is 12.8 Å². The van der Waals surface area contributed by atoms with E-state index in [4.69, 9.17) is 4.74 Å². The van der Waals surface area contributed by atoms with Crippen LogP contribution < -0.4 is 5.32 Å². The van der Waals surface area contributed by atoms with Crippen LogP contribution in [0.15, 0.2) is 30.3 Å². The normalized spacial score (nSPS) is 18.9. The van der Waals surface area contributed by atoms with Crippen molar-refractivity contribution in [1.82, 2.24) is 15.1 Å². The molecule has 0 atom stereocenters. The quantitative estimate of drug-likeness (QED) is 0.787. The summed E-state index contributed by atoms with van der Waals surface area (Å²) in [6.07, 6.45) is 2.23. The predicted octanol–water partition coefficient (Wildman–Crippen LogP) is 0.625. The van der Waals surface area contributed by atoms with E-state index in [1.165, 1.54) is 5.56 Å². The van der Waals surface area contributed by atoms with E-state index in [0.29, 0.717) is 32.8 Å². The second kappa shape index (κ2) is 7.97. The van der Waals surface area contributed by atoms with Gasteiger partial charge in [-0.15, -0.1) is 0 Å². The van der Waals surface area contributed by atoms with Crippen LogP contribution in [0.25, 0.3) is 0 Å². The SMILES string of the molecule is CN(CC(=O)NCC1(c2ccccc2)CC1)CC(=O)N1CCOCC1. The van der Waals surface area contributed by atoms with Gasteiger partial charge < -0.3 is 15.0 Å². The van der Waals surface area contributed by atoms with E-state index in [9.17, 15) is 9.59 Å². The number of hydrogen-bond donors (Lipinski definition) is 1. The van der Waals surface area contributed by atoms with Gasteiger partial charge in [-0.3, -0.25) is 14.5 Å². The molecule has 6 nitrogen and oxygen atoms in total. The Morgan fingerprint density at radius 2 is 1.84 bits per heavy atom. The average Bonchev–Trinajstić information content (AvgIpc) is 3.43. The lowest BCUT2D eigenvalue weighted by atomic mass is 9.96. The Morgan fingerprint density at radius 1 is 1.16 bits per heavy atom. The number of likely N-dealkylation sites (N-methyl/N-ethyl adjacent to an activating group) is 1. The van der Waals surface area contributed by atoms with Crippen molar-refractivity contribution in [3.05, 3.63) is 35.9 Å². The molecule has 1 aliphatic carbocycles. The van der Waals surface area contributed by atoms with Gasteiger partial charge in [-0.05, 0) is 25.5 Å². The second-order valence-electron chi connectivity index (χ2n) is 7.09. The molecule has 2 amide bonds. The number of morpholine rings is 1. The fourth-order valence-corrected chi connectivity index (χ4v) is 3.28. The Bertz CT molecular complexity index is 595. The third-order valence-corrected chi connectivity index (χ3v) is 5.05. The minimum Gasteiger partial charge on any atom is -0.378 e. The summed E-state index contributed by atoms with van der Waals surface area (Å²) in [5, 5.41) is 3.04. The summed E-state index contributed by atoms with van der Waals surface area (Å²) in [5.74, 6) is 0.0287. The number of nitrogens with zero attached hydrogens (tertiary/aromatic N) is 2. The van der Waals surface area contributed by atoms with Crippen molar-refractivity contribution in [3.63, 3.8) is 0 Å². The molecule has 0 aromatic heterocycles. The van der Waals surface area contributed by atoms with Gasteiger partial charge in [-0.2, -0.15) is 0 Å². The topological polar surface area (TPSA) is 61.9 Å². The van der Waals surface area contributed by atoms with Gasteiger partial charge in [0.1, 0.15) is 0 Å². The highest BCUT2D eigenvalue weighted by Crippen LogP contribution is 2.47. The molecule has 136 valence electrons. The number of carbonyl (C=O) groups excluding carboxylic acids is 2. The van der Waals surface area contributed by atoms with Crippen LogP contribution in [-0.2, 0) is 19.7 Å². The molecule has 0 spiro atoms. The van der Waals surface area contributed by atoms with Gasteiger partial charge in [0.2, 0.25) is 11.8 Å². The first-order valence-corrected chi connectivity index (χ1v) is 8.95. The van der Waals surface area contributed by atoms with Gasteiger partial charge in [-0.1, -0.05) is 30.3 Å². The Kier molecular flexibility index (Phi) is 5.71. The number of rotatable bonds is 7. The summed E-state index contributed by atoms with van der Waals surface area (Å²) < 4.78 is 5.25. The first-order chi connectivity index (χ1) is 12.1. The number of nitrogens with one attached hydrogen (secondary N) is 1. The molecule has 1 aromatic carbocycles. The maximum absolute atomic E-state index is 12.2. The highest BCUT2D eigenvalue weighted by molar-refractivity contribution is 5.81. The number of carbonyl (C=O) groups is 2. The number of benzene rings is 1. The Balaban J connectivity index is 1.41. The van der Waals surface area contributed by atoms with Gasteiger partial charge in [-0.25, -0.2) is 0 Å². The second-order valence-corrected chi connectivity index (χ2v) is 7.09. The van der Waals surface area contributed by atoms with Gasteiger partial charge in [0.05, 0.1) is 26.3 Å². The molecule has 0 bridgehead atoms. The van der Waals surface area contributed by atoms with Gasteiger partial charge in [0, 0.05) is 25.0 Å². The summed E-state index contributed by atoms with van der Waals surface area (Å²) in [4.78, 5) is 28.0. The van der Waals surface area contributed by atoms with E-state index >= 15 is 0 Å². The van der Waals surface area contributed by atoms with Crippen LogP contribution in [0.5, 0.6) is 0 Å². The minimum absolute atomic E-state index is 0.0283. The van der Waals surface area contributed by atoms with Gasteiger partial charge in [0.25, 0.3) is 0 Å². The number of ether oxygens (including phenoxy) is 1. The maximum Gasteiger partial charge on any atom is 0.236 e. The molecule has 1 aliphatic heterocycles. The third kappa shape index (κ3) is 4.80. The molecule has 3 rings (SSSR count). The molecule has 1 saturated heterocycles. The number of amides is 2. The molecule has 1 saturated carbocycles. The van der Waals surface area contributed by atoms with E-state index in [1.807, 2.05) is 25.2 Å². The van der Waals surface area contributed by atoms with Crippen molar-refractivity contribution in [1.29, 1.82) is 0 Å². The zero-order valence-electron chi connectivity index (χ0n) is 14.9. The van der Waals surface area contributed by atoms with E-state index in [-0.39, 0.29) is 30.3 Å². The molecule has 0 unspecified atom stereocenters. The lowest BCUT2D eigenvalue weighted by Gasteiger charge is -2.28. The first-order valence-electron chi connectivity index (χ1n) is 8.95. The molecule has 6 heteroatoms. The Labute approximate surface area is 149 Å². The van der Waals surface area contributed by atoms with Crippen molar-refractivity contribution in [3.8, 4) is 0 Å². The highest BCUT2D eigenvalue weighted by atomic mass is 16.5. The minimum atomic E-state index is -0.0283. The highest BCUT2D eigenvalue weighted by Gasteiger charge is 2.44. The van der Waals surface area contributed by atoms with Gasteiger partial charge >= 0.3 is 0 Å².